The highest BCUT2D eigenvalue weighted by atomic mass is 32.1. The summed E-state index contributed by atoms with van der Waals surface area (Å²) in [6.45, 7) is 6.94. The lowest BCUT2D eigenvalue weighted by Gasteiger charge is -2.23. The van der Waals surface area contributed by atoms with E-state index in [0.717, 1.165) is 23.1 Å². The van der Waals surface area contributed by atoms with E-state index < -0.39 is 0 Å². The number of carbonyl (C=O) groups excluding carboxylic acids is 1. The van der Waals surface area contributed by atoms with Crippen LogP contribution < -0.4 is 5.73 Å². The molecule has 4 heteroatoms. The van der Waals surface area contributed by atoms with E-state index in [1.165, 1.54) is 0 Å². The van der Waals surface area contributed by atoms with Gasteiger partial charge in [-0.15, -0.1) is 0 Å². The first-order chi connectivity index (χ1) is 8.47. The fourth-order valence-electron chi connectivity index (χ4n) is 2.02. The Kier molecular flexibility index (Phi) is 5.28. The van der Waals surface area contributed by atoms with Gasteiger partial charge in [0, 0.05) is 12.1 Å². The molecule has 18 heavy (non-hydrogen) atoms. The number of nitrogens with two attached hydrogens (primary N) is 1. The molecule has 0 saturated heterocycles. The van der Waals surface area contributed by atoms with Crippen molar-refractivity contribution in [3.63, 3.8) is 0 Å². The fourth-order valence-corrected chi connectivity index (χ4v) is 2.18. The van der Waals surface area contributed by atoms with Crippen molar-refractivity contribution in [1.82, 2.24) is 4.90 Å². The maximum absolute atomic E-state index is 12.5. The van der Waals surface area contributed by atoms with E-state index in [9.17, 15) is 4.79 Å². The minimum absolute atomic E-state index is 0.0141. The van der Waals surface area contributed by atoms with Gasteiger partial charge in [-0.3, -0.25) is 4.79 Å². The molecule has 0 bridgehead atoms. The largest absolute Gasteiger partial charge is 0.392 e. The number of nitrogens with zero attached hydrogens (tertiary/aromatic N) is 1. The van der Waals surface area contributed by atoms with Crippen LogP contribution in [0.3, 0.4) is 0 Å². The molecule has 0 saturated carbocycles. The fraction of sp³-hybridized carbons (Fsp3) is 0.429. The summed E-state index contributed by atoms with van der Waals surface area (Å²) in [7, 11) is 0. The van der Waals surface area contributed by atoms with E-state index >= 15 is 0 Å². The highest BCUT2D eigenvalue weighted by Gasteiger charge is 2.19. The van der Waals surface area contributed by atoms with Crippen molar-refractivity contribution < 1.29 is 4.79 Å². The highest BCUT2D eigenvalue weighted by Crippen LogP contribution is 2.16. The Bertz CT molecular complexity index is 437. The van der Waals surface area contributed by atoms with E-state index in [1.54, 1.807) is 4.90 Å². The van der Waals surface area contributed by atoms with E-state index in [0.29, 0.717) is 18.1 Å². The second kappa shape index (κ2) is 6.50. The lowest BCUT2D eigenvalue weighted by molar-refractivity contribution is 0.0778. The molecule has 0 aromatic heterocycles. The van der Waals surface area contributed by atoms with Crippen LogP contribution in [0.5, 0.6) is 0 Å². The summed E-state index contributed by atoms with van der Waals surface area (Å²) >= 11 is 4.90. The number of carbonyl (C=O) groups is 1. The third-order valence-electron chi connectivity index (χ3n) is 2.82. The van der Waals surface area contributed by atoms with Gasteiger partial charge in [-0.1, -0.05) is 37.3 Å². The summed E-state index contributed by atoms with van der Waals surface area (Å²) < 4.78 is 0. The molecule has 0 heterocycles. The standard InChI is InChI=1S/C14H20N2OS/c1-4-8-16(9-12(15)18)14(17)13-10(2)6-5-7-11(13)3/h5-7H,4,8-9H2,1-3H3,(H2,15,18). The number of amides is 1. The third-order valence-corrected chi connectivity index (χ3v) is 2.95. The average Bonchev–Trinajstić information content (AvgIpc) is 2.27. The molecule has 1 aromatic rings. The number of benzene rings is 1. The van der Waals surface area contributed by atoms with Crippen LogP contribution in [0.15, 0.2) is 18.2 Å². The Morgan fingerprint density at radius 3 is 2.33 bits per heavy atom. The van der Waals surface area contributed by atoms with Gasteiger partial charge < -0.3 is 10.6 Å². The highest BCUT2D eigenvalue weighted by molar-refractivity contribution is 7.80. The van der Waals surface area contributed by atoms with Crippen molar-refractivity contribution in [2.75, 3.05) is 13.1 Å². The molecule has 1 rings (SSSR count). The summed E-state index contributed by atoms with van der Waals surface area (Å²) in [4.78, 5) is 14.6. The number of aryl methyl sites for hydroxylation is 2. The van der Waals surface area contributed by atoms with E-state index in [-0.39, 0.29) is 5.91 Å². The number of hydrogen-bond donors (Lipinski definition) is 1. The minimum atomic E-state index is 0.0141. The topological polar surface area (TPSA) is 46.3 Å². The zero-order valence-electron chi connectivity index (χ0n) is 11.2. The van der Waals surface area contributed by atoms with Crippen LogP contribution in [0.2, 0.25) is 0 Å². The third kappa shape index (κ3) is 3.53. The molecule has 98 valence electrons. The maximum atomic E-state index is 12.5. The zero-order chi connectivity index (χ0) is 13.7. The molecule has 0 aliphatic heterocycles. The lowest BCUT2D eigenvalue weighted by atomic mass is 10.0. The molecule has 0 unspecified atom stereocenters. The van der Waals surface area contributed by atoms with Crippen LogP contribution in [0.4, 0.5) is 0 Å². The summed E-state index contributed by atoms with van der Waals surface area (Å²) in [5.41, 5.74) is 8.30. The number of hydrogen-bond acceptors (Lipinski definition) is 2. The van der Waals surface area contributed by atoms with Crippen molar-refractivity contribution >= 4 is 23.1 Å². The van der Waals surface area contributed by atoms with Crippen LogP contribution in [0.25, 0.3) is 0 Å². The molecule has 3 nitrogen and oxygen atoms in total. The van der Waals surface area contributed by atoms with Gasteiger partial charge in [0.05, 0.1) is 11.5 Å². The summed E-state index contributed by atoms with van der Waals surface area (Å²) in [5.74, 6) is 0.0141. The van der Waals surface area contributed by atoms with Gasteiger partial charge in [-0.05, 0) is 31.4 Å². The quantitative estimate of drug-likeness (QED) is 0.831. The Labute approximate surface area is 114 Å². The Morgan fingerprint density at radius 2 is 1.89 bits per heavy atom. The second-order valence-corrected chi connectivity index (χ2v) is 4.98. The molecule has 0 radical (unpaired) electrons. The molecule has 1 aromatic carbocycles. The normalized spacial score (nSPS) is 10.2. The average molecular weight is 264 g/mol. The summed E-state index contributed by atoms with van der Waals surface area (Å²) in [5, 5.41) is 0. The number of thiocarbonyl (C=S) groups is 1. The predicted molar refractivity (Wildman–Crippen MR) is 78.9 cm³/mol. The van der Waals surface area contributed by atoms with Crippen LogP contribution in [-0.4, -0.2) is 28.9 Å². The van der Waals surface area contributed by atoms with Gasteiger partial charge in [0.25, 0.3) is 5.91 Å². The second-order valence-electron chi connectivity index (χ2n) is 4.46. The molecule has 0 spiro atoms. The van der Waals surface area contributed by atoms with Crippen molar-refractivity contribution in [3.05, 3.63) is 34.9 Å². The van der Waals surface area contributed by atoms with Gasteiger partial charge in [0.15, 0.2) is 0 Å². The molecule has 0 aliphatic rings. The Balaban J connectivity index is 3.05. The van der Waals surface area contributed by atoms with Gasteiger partial charge in [-0.25, -0.2) is 0 Å². The first-order valence-corrected chi connectivity index (χ1v) is 6.52. The Morgan fingerprint density at radius 1 is 1.33 bits per heavy atom. The molecule has 1 amide bonds. The molecule has 0 atom stereocenters. The molecule has 0 fully saturated rings. The Hall–Kier alpha value is -1.42. The smallest absolute Gasteiger partial charge is 0.254 e. The summed E-state index contributed by atoms with van der Waals surface area (Å²) in [6, 6.07) is 5.86. The molecule has 0 aliphatic carbocycles. The molecule has 2 N–H and O–H groups in total. The predicted octanol–water partition coefficient (Wildman–Crippen LogP) is 2.44. The van der Waals surface area contributed by atoms with E-state index in [4.69, 9.17) is 18.0 Å². The van der Waals surface area contributed by atoms with Crippen molar-refractivity contribution in [3.8, 4) is 0 Å². The van der Waals surface area contributed by atoms with E-state index in [1.807, 2.05) is 39.0 Å². The SMILES string of the molecule is CCCN(CC(N)=S)C(=O)c1c(C)cccc1C. The van der Waals surface area contributed by atoms with Crippen LogP contribution in [0.1, 0.15) is 34.8 Å². The molecular formula is C14H20N2OS. The number of rotatable bonds is 5. The minimum Gasteiger partial charge on any atom is -0.392 e. The maximum Gasteiger partial charge on any atom is 0.254 e. The molecular weight excluding hydrogens is 244 g/mol. The van der Waals surface area contributed by atoms with Crippen molar-refractivity contribution in [1.29, 1.82) is 0 Å². The van der Waals surface area contributed by atoms with Crippen molar-refractivity contribution in [2.24, 2.45) is 5.73 Å². The summed E-state index contributed by atoms with van der Waals surface area (Å²) in [6.07, 6.45) is 0.888. The first-order valence-electron chi connectivity index (χ1n) is 6.11. The van der Waals surface area contributed by atoms with Crippen LogP contribution >= 0.6 is 12.2 Å². The van der Waals surface area contributed by atoms with Crippen molar-refractivity contribution in [2.45, 2.75) is 27.2 Å². The zero-order valence-corrected chi connectivity index (χ0v) is 12.0. The first kappa shape index (κ1) is 14.6. The van der Waals surface area contributed by atoms with Crippen LogP contribution in [0, 0.1) is 13.8 Å². The lowest BCUT2D eigenvalue weighted by Crippen LogP contribution is -2.38. The monoisotopic (exact) mass is 264 g/mol. The van der Waals surface area contributed by atoms with E-state index in [2.05, 4.69) is 0 Å². The van der Waals surface area contributed by atoms with Gasteiger partial charge in [0.1, 0.15) is 0 Å². The van der Waals surface area contributed by atoms with Gasteiger partial charge in [0.2, 0.25) is 0 Å². The van der Waals surface area contributed by atoms with Crippen LogP contribution in [-0.2, 0) is 0 Å². The van der Waals surface area contributed by atoms with Gasteiger partial charge in [-0.2, -0.15) is 0 Å². The van der Waals surface area contributed by atoms with Gasteiger partial charge >= 0.3 is 0 Å².